The Hall–Kier alpha value is -3.24. The maximum Gasteiger partial charge on any atom is 0.198 e. The van der Waals surface area contributed by atoms with Crippen LogP contribution in [-0.4, -0.2) is 34.7 Å². The minimum atomic E-state index is -0.882. The summed E-state index contributed by atoms with van der Waals surface area (Å²) in [5, 5.41) is 5.27. The molecular weight excluding hydrogens is 456 g/mol. The fourth-order valence-corrected chi connectivity index (χ4v) is 4.11. The molecule has 0 amide bonds. The molecule has 0 saturated carbocycles. The van der Waals surface area contributed by atoms with E-state index in [0.29, 0.717) is 23.3 Å². The molecular formula is C24H28F2N5O2Si. The average molecular weight is 485 g/mol. The summed E-state index contributed by atoms with van der Waals surface area (Å²) in [6.07, 6.45) is 5.32. The van der Waals surface area contributed by atoms with Crippen molar-refractivity contribution in [3.63, 3.8) is 0 Å². The first-order chi connectivity index (χ1) is 16.2. The van der Waals surface area contributed by atoms with Crippen LogP contribution in [0.5, 0.6) is 11.5 Å². The average Bonchev–Trinajstić information content (AvgIpc) is 3.39. The number of nitrogen functional groups attached to an aromatic ring is 1. The second kappa shape index (κ2) is 9.94. The summed E-state index contributed by atoms with van der Waals surface area (Å²) in [6.45, 7) is 9.49. The summed E-state index contributed by atoms with van der Waals surface area (Å²) in [6, 6.07) is 6.73. The second-order valence-corrected chi connectivity index (χ2v) is 11.6. The van der Waals surface area contributed by atoms with Crippen molar-refractivity contribution in [1.82, 2.24) is 19.3 Å². The number of nitrogens with zero attached hydrogens (tertiary/aromatic N) is 4. The van der Waals surface area contributed by atoms with Gasteiger partial charge in [-0.3, -0.25) is 4.68 Å². The predicted octanol–water partition coefficient (Wildman–Crippen LogP) is 5.86. The SMILES string of the molecule is CC(C)n1ccc(-c2cn(COCC[Si](C)C)c3nccc(Oc4c(F)cc(N)cc4F)c23)n1. The van der Waals surface area contributed by atoms with Crippen molar-refractivity contribution in [2.75, 3.05) is 12.3 Å². The predicted molar refractivity (Wildman–Crippen MR) is 130 cm³/mol. The first kappa shape index (κ1) is 23.9. The zero-order valence-electron chi connectivity index (χ0n) is 19.7. The van der Waals surface area contributed by atoms with E-state index in [1.807, 2.05) is 41.6 Å². The number of benzene rings is 1. The standard InChI is InChI=1S/C24H28F2N5O2Si/c1-15(2)31-8-6-20(29-31)17-13-30(14-32-9-10-34(3)4)24-22(17)21(5-7-28-24)33-23-18(25)11-16(27)12-19(23)26/h5-8,11-13,15H,9-10,14,27H2,1-4H3. The van der Waals surface area contributed by atoms with E-state index < -0.39 is 17.4 Å². The van der Waals surface area contributed by atoms with Crippen LogP contribution in [-0.2, 0) is 11.5 Å². The molecule has 0 saturated heterocycles. The highest BCUT2D eigenvalue weighted by Gasteiger charge is 2.21. The molecule has 0 fully saturated rings. The van der Waals surface area contributed by atoms with E-state index >= 15 is 0 Å². The summed E-state index contributed by atoms with van der Waals surface area (Å²) in [4.78, 5) is 4.51. The van der Waals surface area contributed by atoms with Crippen molar-refractivity contribution >= 4 is 25.5 Å². The molecule has 34 heavy (non-hydrogen) atoms. The Morgan fingerprint density at radius 1 is 1.15 bits per heavy atom. The monoisotopic (exact) mass is 484 g/mol. The van der Waals surface area contributed by atoms with Crippen LogP contribution in [0.15, 0.2) is 42.9 Å². The minimum Gasteiger partial charge on any atom is -0.450 e. The topological polar surface area (TPSA) is 80.1 Å². The maximum atomic E-state index is 14.5. The molecule has 0 spiro atoms. The molecule has 0 aliphatic carbocycles. The van der Waals surface area contributed by atoms with Gasteiger partial charge in [-0.05, 0) is 32.0 Å². The lowest BCUT2D eigenvalue weighted by Gasteiger charge is -2.11. The highest BCUT2D eigenvalue weighted by molar-refractivity contribution is 6.55. The van der Waals surface area contributed by atoms with Crippen LogP contribution in [0.25, 0.3) is 22.3 Å². The van der Waals surface area contributed by atoms with E-state index in [-0.39, 0.29) is 33.0 Å². The number of halogens is 2. The third-order valence-corrected chi connectivity index (χ3v) is 6.55. The van der Waals surface area contributed by atoms with Crippen molar-refractivity contribution in [2.45, 2.75) is 45.8 Å². The van der Waals surface area contributed by atoms with E-state index in [0.717, 1.165) is 23.7 Å². The smallest absolute Gasteiger partial charge is 0.198 e. The summed E-state index contributed by atoms with van der Waals surface area (Å²) in [7, 11) is -0.388. The molecule has 4 rings (SSSR count). The molecule has 10 heteroatoms. The van der Waals surface area contributed by atoms with Crippen molar-refractivity contribution in [2.24, 2.45) is 0 Å². The number of hydrogen-bond acceptors (Lipinski definition) is 5. The molecule has 179 valence electrons. The van der Waals surface area contributed by atoms with Crippen molar-refractivity contribution in [3.8, 4) is 22.8 Å². The summed E-state index contributed by atoms with van der Waals surface area (Å²) in [5.74, 6) is -2.03. The van der Waals surface area contributed by atoms with Gasteiger partial charge in [0.15, 0.2) is 17.4 Å². The molecule has 2 N–H and O–H groups in total. The number of aromatic nitrogens is 4. The fraction of sp³-hybridized carbons (Fsp3) is 0.333. The first-order valence-electron chi connectivity index (χ1n) is 11.1. The molecule has 0 atom stereocenters. The highest BCUT2D eigenvalue weighted by Crippen LogP contribution is 2.39. The van der Waals surface area contributed by atoms with Crippen LogP contribution in [0.2, 0.25) is 19.1 Å². The quantitative estimate of drug-likeness (QED) is 0.183. The van der Waals surface area contributed by atoms with Crippen molar-refractivity contribution in [3.05, 3.63) is 54.5 Å². The number of fused-ring (bicyclic) bond motifs is 1. The normalized spacial score (nSPS) is 11.8. The second-order valence-electron chi connectivity index (χ2n) is 8.71. The van der Waals surface area contributed by atoms with Crippen LogP contribution in [0.3, 0.4) is 0 Å². The Bertz CT molecular complexity index is 1280. The van der Waals surface area contributed by atoms with Gasteiger partial charge in [-0.25, -0.2) is 13.8 Å². The fourth-order valence-electron chi connectivity index (χ4n) is 3.56. The molecule has 4 aromatic rings. The third kappa shape index (κ3) is 4.97. The van der Waals surface area contributed by atoms with E-state index in [4.69, 9.17) is 15.2 Å². The molecule has 0 unspecified atom stereocenters. The molecule has 7 nitrogen and oxygen atoms in total. The van der Waals surface area contributed by atoms with Crippen molar-refractivity contribution < 1.29 is 18.3 Å². The van der Waals surface area contributed by atoms with Gasteiger partial charge in [-0.15, -0.1) is 0 Å². The van der Waals surface area contributed by atoms with Gasteiger partial charge in [-0.1, -0.05) is 13.1 Å². The molecule has 0 aliphatic heterocycles. The molecule has 0 aliphatic rings. The Morgan fingerprint density at radius 3 is 2.53 bits per heavy atom. The van der Waals surface area contributed by atoms with Gasteiger partial charge in [0.2, 0.25) is 0 Å². The Labute approximate surface area is 198 Å². The Morgan fingerprint density at radius 2 is 1.88 bits per heavy atom. The molecule has 1 radical (unpaired) electrons. The van der Waals surface area contributed by atoms with Crippen molar-refractivity contribution in [1.29, 1.82) is 0 Å². The highest BCUT2D eigenvalue weighted by atomic mass is 28.3. The third-order valence-electron chi connectivity index (χ3n) is 5.34. The number of nitrogens with two attached hydrogens (primary N) is 1. The summed E-state index contributed by atoms with van der Waals surface area (Å²) < 4.78 is 44.3. The van der Waals surface area contributed by atoms with Gasteiger partial charge in [-0.2, -0.15) is 5.10 Å². The van der Waals surface area contributed by atoms with E-state index in [2.05, 4.69) is 23.2 Å². The zero-order valence-corrected chi connectivity index (χ0v) is 20.7. The lowest BCUT2D eigenvalue weighted by Crippen LogP contribution is -2.08. The van der Waals surface area contributed by atoms with Gasteiger partial charge in [0.1, 0.15) is 18.1 Å². The summed E-state index contributed by atoms with van der Waals surface area (Å²) >= 11 is 0. The molecule has 1 aromatic carbocycles. The lowest BCUT2D eigenvalue weighted by molar-refractivity contribution is 0.0903. The van der Waals surface area contributed by atoms with Crippen LogP contribution in [0, 0.1) is 11.6 Å². The number of pyridine rings is 1. The van der Waals surface area contributed by atoms with Crippen LogP contribution in [0.4, 0.5) is 14.5 Å². The zero-order chi connectivity index (χ0) is 24.4. The minimum absolute atomic E-state index is 0.0194. The Kier molecular flexibility index (Phi) is 6.99. The molecule has 0 bridgehead atoms. The number of anilines is 1. The van der Waals surface area contributed by atoms with Crippen LogP contribution < -0.4 is 10.5 Å². The van der Waals surface area contributed by atoms with E-state index in [1.54, 1.807) is 6.07 Å². The molecule has 3 aromatic heterocycles. The van der Waals surface area contributed by atoms with Gasteiger partial charge in [0, 0.05) is 63.4 Å². The van der Waals surface area contributed by atoms with Crippen LogP contribution in [0.1, 0.15) is 19.9 Å². The number of rotatable bonds is 9. The van der Waals surface area contributed by atoms with Gasteiger partial charge in [0.25, 0.3) is 0 Å². The van der Waals surface area contributed by atoms with E-state index in [9.17, 15) is 8.78 Å². The maximum absolute atomic E-state index is 14.5. The van der Waals surface area contributed by atoms with Gasteiger partial charge < -0.3 is 19.8 Å². The van der Waals surface area contributed by atoms with Gasteiger partial charge in [0.05, 0.1) is 11.1 Å². The largest absolute Gasteiger partial charge is 0.450 e. The molecule has 3 heterocycles. The number of ether oxygens (including phenoxy) is 2. The first-order valence-corrected chi connectivity index (χ1v) is 13.8. The van der Waals surface area contributed by atoms with Crippen LogP contribution >= 0.6 is 0 Å². The Balaban J connectivity index is 1.80. The van der Waals surface area contributed by atoms with E-state index in [1.165, 1.54) is 6.20 Å². The lowest BCUT2D eigenvalue weighted by atomic mass is 10.1. The number of hydrogen-bond donors (Lipinski definition) is 1. The summed E-state index contributed by atoms with van der Waals surface area (Å²) in [5.41, 5.74) is 7.52. The van der Waals surface area contributed by atoms with Gasteiger partial charge >= 0.3 is 0 Å².